The first-order chi connectivity index (χ1) is 7.73. The van der Waals surface area contributed by atoms with Crippen molar-refractivity contribution in [1.82, 2.24) is 0 Å². The molecule has 0 aromatic carbocycles. The molecule has 0 aromatic rings. The summed E-state index contributed by atoms with van der Waals surface area (Å²) < 4.78 is 28.0. The van der Waals surface area contributed by atoms with Crippen LogP contribution in [0.2, 0.25) is 0 Å². The van der Waals surface area contributed by atoms with Crippen molar-refractivity contribution >= 4 is 13.6 Å². The lowest BCUT2D eigenvalue weighted by Gasteiger charge is -2.26. The number of carbonyl (C=O) groups is 1. The van der Waals surface area contributed by atoms with Crippen LogP contribution in [0.5, 0.6) is 0 Å². The highest BCUT2D eigenvalue weighted by molar-refractivity contribution is 7.55. The van der Waals surface area contributed by atoms with E-state index < -0.39 is 19.2 Å². The lowest BCUT2D eigenvalue weighted by Crippen LogP contribution is -2.25. The molecule has 17 heavy (non-hydrogen) atoms. The molecule has 5 nitrogen and oxygen atoms in total. The molecule has 102 valence electrons. The SMILES string of the molecule is CCOC(=O)[C@@H](C)P(=O)(OC(C)C)OC(C)C. The predicted molar refractivity (Wildman–Crippen MR) is 66.1 cm³/mol. The third-order valence-electron chi connectivity index (χ3n) is 1.82. The van der Waals surface area contributed by atoms with Crippen LogP contribution in [-0.4, -0.2) is 30.4 Å². The van der Waals surface area contributed by atoms with Gasteiger partial charge in [0.25, 0.3) is 0 Å². The predicted octanol–water partition coefficient (Wildman–Crippen LogP) is 2.98. The molecule has 6 heteroatoms. The number of ether oxygens (including phenoxy) is 1. The van der Waals surface area contributed by atoms with Crippen molar-refractivity contribution < 1.29 is 23.1 Å². The van der Waals surface area contributed by atoms with E-state index in [9.17, 15) is 9.36 Å². The average molecular weight is 266 g/mol. The molecule has 0 radical (unpaired) electrons. The van der Waals surface area contributed by atoms with Gasteiger partial charge in [-0.1, -0.05) is 0 Å². The third kappa shape index (κ3) is 5.66. The quantitative estimate of drug-likeness (QED) is 0.523. The van der Waals surface area contributed by atoms with E-state index in [-0.39, 0.29) is 18.8 Å². The highest BCUT2D eigenvalue weighted by atomic mass is 31.2. The normalized spacial score (nSPS) is 14.1. The standard InChI is InChI=1S/C11H23O5P/c1-7-14-11(12)10(6)17(13,15-8(2)3)16-9(4)5/h8-10H,7H2,1-6H3/t10-/m1/s1. The van der Waals surface area contributed by atoms with E-state index in [1.54, 1.807) is 34.6 Å². The first kappa shape index (κ1) is 16.6. The van der Waals surface area contributed by atoms with E-state index in [4.69, 9.17) is 13.8 Å². The third-order valence-corrected chi connectivity index (χ3v) is 4.41. The number of hydrogen-bond acceptors (Lipinski definition) is 5. The molecule has 0 saturated heterocycles. The molecule has 1 atom stereocenters. The Bertz CT molecular complexity index is 274. The fourth-order valence-corrected chi connectivity index (χ4v) is 3.11. The molecule has 0 amide bonds. The first-order valence-corrected chi connectivity index (χ1v) is 7.47. The van der Waals surface area contributed by atoms with E-state index in [0.29, 0.717) is 0 Å². The van der Waals surface area contributed by atoms with Crippen LogP contribution in [0.4, 0.5) is 0 Å². The van der Waals surface area contributed by atoms with Crippen molar-refractivity contribution in [3.05, 3.63) is 0 Å². The van der Waals surface area contributed by atoms with Crippen LogP contribution in [0.15, 0.2) is 0 Å². The summed E-state index contributed by atoms with van der Waals surface area (Å²) in [5.41, 5.74) is -0.910. The smallest absolute Gasteiger partial charge is 0.345 e. The van der Waals surface area contributed by atoms with Crippen LogP contribution in [0.25, 0.3) is 0 Å². The van der Waals surface area contributed by atoms with Crippen LogP contribution in [0.3, 0.4) is 0 Å². The van der Waals surface area contributed by atoms with Crippen molar-refractivity contribution in [3.63, 3.8) is 0 Å². The van der Waals surface area contributed by atoms with Crippen LogP contribution in [0, 0.1) is 0 Å². The minimum Gasteiger partial charge on any atom is -0.465 e. The molecule has 0 heterocycles. The largest absolute Gasteiger partial charge is 0.465 e. The molecule has 0 aliphatic rings. The summed E-state index contributed by atoms with van der Waals surface area (Å²) in [6.07, 6.45) is -0.562. The summed E-state index contributed by atoms with van der Waals surface area (Å²) in [6.45, 7) is 10.4. The number of rotatable bonds is 7. The first-order valence-electron chi connectivity index (χ1n) is 5.86. The fraction of sp³-hybridized carbons (Fsp3) is 0.909. The van der Waals surface area contributed by atoms with Crippen molar-refractivity contribution in [2.24, 2.45) is 0 Å². The van der Waals surface area contributed by atoms with Gasteiger partial charge in [0.1, 0.15) is 0 Å². The zero-order valence-corrected chi connectivity index (χ0v) is 12.3. The Balaban J connectivity index is 4.90. The van der Waals surface area contributed by atoms with E-state index in [1.165, 1.54) is 6.92 Å². The minimum absolute atomic E-state index is 0.243. The van der Waals surface area contributed by atoms with E-state index in [2.05, 4.69) is 0 Å². The second-order valence-corrected chi connectivity index (χ2v) is 6.55. The van der Waals surface area contributed by atoms with Gasteiger partial charge in [-0.15, -0.1) is 0 Å². The topological polar surface area (TPSA) is 61.8 Å². The van der Waals surface area contributed by atoms with Crippen molar-refractivity contribution in [2.75, 3.05) is 6.61 Å². The van der Waals surface area contributed by atoms with E-state index in [0.717, 1.165) is 0 Å². The molecule has 0 spiro atoms. The highest BCUT2D eigenvalue weighted by Gasteiger charge is 2.40. The van der Waals surface area contributed by atoms with E-state index >= 15 is 0 Å². The molecule has 0 saturated carbocycles. The summed E-state index contributed by atoms with van der Waals surface area (Å²) in [6, 6.07) is 0. The fourth-order valence-electron chi connectivity index (χ4n) is 1.19. The van der Waals surface area contributed by atoms with Crippen LogP contribution in [-0.2, 0) is 23.1 Å². The Hall–Kier alpha value is -0.380. The Labute approximate surface area is 103 Å². The van der Waals surface area contributed by atoms with Crippen molar-refractivity contribution in [3.8, 4) is 0 Å². The van der Waals surface area contributed by atoms with Crippen molar-refractivity contribution in [1.29, 1.82) is 0 Å². The van der Waals surface area contributed by atoms with Crippen LogP contribution < -0.4 is 0 Å². The lowest BCUT2D eigenvalue weighted by molar-refractivity contribution is -0.142. The van der Waals surface area contributed by atoms with E-state index in [1.807, 2.05) is 0 Å². The van der Waals surface area contributed by atoms with Gasteiger partial charge in [0.05, 0.1) is 18.8 Å². The Morgan fingerprint density at radius 2 is 1.47 bits per heavy atom. The number of esters is 1. The second kappa shape index (κ2) is 7.14. The monoisotopic (exact) mass is 266 g/mol. The van der Waals surface area contributed by atoms with Gasteiger partial charge in [-0.2, -0.15) is 0 Å². The molecule has 0 aliphatic heterocycles. The molecule has 0 bridgehead atoms. The Kier molecular flexibility index (Phi) is 6.98. The molecular formula is C11H23O5P. The summed E-state index contributed by atoms with van der Waals surface area (Å²) in [5.74, 6) is -0.558. The molecule has 0 N–H and O–H groups in total. The van der Waals surface area contributed by atoms with Gasteiger partial charge in [-0.05, 0) is 41.5 Å². The molecule has 0 unspecified atom stereocenters. The van der Waals surface area contributed by atoms with Crippen molar-refractivity contribution in [2.45, 2.75) is 59.4 Å². The second-order valence-electron chi connectivity index (χ2n) is 4.28. The zero-order valence-electron chi connectivity index (χ0n) is 11.4. The van der Waals surface area contributed by atoms with Crippen LogP contribution in [0.1, 0.15) is 41.5 Å². The zero-order chi connectivity index (χ0) is 13.6. The lowest BCUT2D eigenvalue weighted by atomic mass is 10.5. The molecule has 0 aliphatic carbocycles. The maximum Gasteiger partial charge on any atom is 0.345 e. The van der Waals surface area contributed by atoms with Gasteiger partial charge in [-0.3, -0.25) is 9.36 Å². The van der Waals surface area contributed by atoms with Gasteiger partial charge in [0, 0.05) is 0 Å². The molecule has 0 fully saturated rings. The average Bonchev–Trinajstić information content (AvgIpc) is 2.14. The van der Waals surface area contributed by atoms with Gasteiger partial charge in [-0.25, -0.2) is 0 Å². The summed E-state index contributed by atoms with van der Waals surface area (Å²) in [7, 11) is -3.48. The van der Waals surface area contributed by atoms with Crippen LogP contribution >= 0.6 is 7.60 Å². The maximum atomic E-state index is 12.5. The summed E-state index contributed by atoms with van der Waals surface area (Å²) in [5, 5.41) is 0. The summed E-state index contributed by atoms with van der Waals surface area (Å²) in [4.78, 5) is 11.6. The Morgan fingerprint density at radius 3 is 1.76 bits per heavy atom. The summed E-state index contributed by atoms with van der Waals surface area (Å²) >= 11 is 0. The molecule has 0 aromatic heterocycles. The molecular weight excluding hydrogens is 243 g/mol. The maximum absolute atomic E-state index is 12.5. The van der Waals surface area contributed by atoms with Gasteiger partial charge >= 0.3 is 13.6 Å². The highest BCUT2D eigenvalue weighted by Crippen LogP contribution is 2.55. The minimum atomic E-state index is -3.48. The number of hydrogen-bond donors (Lipinski definition) is 0. The van der Waals surface area contributed by atoms with Gasteiger partial charge < -0.3 is 13.8 Å². The van der Waals surface area contributed by atoms with Gasteiger partial charge in [0.2, 0.25) is 0 Å². The molecule has 0 rings (SSSR count). The van der Waals surface area contributed by atoms with Gasteiger partial charge in [0.15, 0.2) is 5.66 Å². The Morgan fingerprint density at radius 1 is 1.06 bits per heavy atom. The number of carbonyl (C=O) groups excluding carboxylic acids is 1.